The second-order valence-electron chi connectivity index (χ2n) is 8.11. The highest BCUT2D eigenvalue weighted by Gasteiger charge is 2.36. The van der Waals surface area contributed by atoms with Crippen molar-refractivity contribution in [2.45, 2.75) is 20.5 Å². The van der Waals surface area contributed by atoms with Gasteiger partial charge in [0.2, 0.25) is 0 Å². The molecule has 1 saturated heterocycles. The first kappa shape index (κ1) is 25.7. The third-order valence-electron chi connectivity index (χ3n) is 5.55. The van der Waals surface area contributed by atoms with Crippen molar-refractivity contribution in [1.29, 1.82) is 5.26 Å². The number of hydrogen-bond acceptors (Lipinski definition) is 6. The van der Waals surface area contributed by atoms with Crippen LogP contribution in [-0.4, -0.2) is 24.5 Å². The van der Waals surface area contributed by atoms with Crippen molar-refractivity contribution in [2.75, 3.05) is 11.5 Å². The smallest absolute Gasteiger partial charge is 0.335 e. The van der Waals surface area contributed by atoms with Crippen LogP contribution < -0.4 is 19.7 Å². The quantitative estimate of drug-likeness (QED) is 0.312. The number of anilines is 1. The van der Waals surface area contributed by atoms with Gasteiger partial charge < -0.3 is 9.47 Å². The highest BCUT2D eigenvalue weighted by atomic mass is 79.9. The summed E-state index contributed by atoms with van der Waals surface area (Å²) in [7, 11) is 0. The van der Waals surface area contributed by atoms with Gasteiger partial charge in [-0.25, -0.2) is 9.69 Å². The van der Waals surface area contributed by atoms with Crippen molar-refractivity contribution in [2.24, 2.45) is 0 Å². The van der Waals surface area contributed by atoms with E-state index in [0.717, 1.165) is 16.0 Å². The van der Waals surface area contributed by atoms with Gasteiger partial charge in [-0.3, -0.25) is 14.9 Å². The predicted octanol–water partition coefficient (Wildman–Crippen LogP) is 5.27. The van der Waals surface area contributed by atoms with Gasteiger partial charge in [-0.2, -0.15) is 5.26 Å². The van der Waals surface area contributed by atoms with Gasteiger partial charge in [0.25, 0.3) is 11.8 Å². The molecule has 1 N–H and O–H groups in total. The fourth-order valence-electron chi connectivity index (χ4n) is 3.73. The van der Waals surface area contributed by atoms with Gasteiger partial charge in [-0.15, -0.1) is 0 Å². The Labute approximate surface area is 222 Å². The van der Waals surface area contributed by atoms with Crippen LogP contribution in [0.15, 0.2) is 70.7 Å². The average Bonchev–Trinajstić information content (AvgIpc) is 2.87. The molecule has 0 aromatic heterocycles. The van der Waals surface area contributed by atoms with Gasteiger partial charge in [0.05, 0.1) is 28.4 Å². The second kappa shape index (κ2) is 11.1. The van der Waals surface area contributed by atoms with E-state index in [2.05, 4.69) is 27.3 Å². The first-order valence-electron chi connectivity index (χ1n) is 11.4. The summed E-state index contributed by atoms with van der Waals surface area (Å²) >= 11 is 3.49. The van der Waals surface area contributed by atoms with Crippen LogP contribution >= 0.6 is 15.9 Å². The standard InChI is InChI=1S/C28H22BrN3O5/c1-3-36-24-14-18(13-23(29)25(24)37-16-20-7-5-4-6-19(20)15-30)12-22-26(33)31-28(35)32(27(22)34)21-10-8-17(2)9-11-21/h4-14H,3,16H2,1-2H3,(H,31,33,35)/b22-12+. The molecule has 1 heterocycles. The fraction of sp³-hybridized carbons (Fsp3) is 0.143. The number of nitriles is 1. The van der Waals surface area contributed by atoms with E-state index in [1.54, 1.807) is 54.6 Å². The molecule has 0 aliphatic carbocycles. The Bertz CT molecular complexity index is 1460. The normalized spacial score (nSPS) is 14.4. The van der Waals surface area contributed by atoms with E-state index in [1.165, 1.54) is 6.08 Å². The molecule has 4 amide bonds. The average molecular weight is 560 g/mol. The summed E-state index contributed by atoms with van der Waals surface area (Å²) in [6.45, 7) is 4.18. The highest BCUT2D eigenvalue weighted by molar-refractivity contribution is 9.10. The number of barbiturate groups is 1. The summed E-state index contributed by atoms with van der Waals surface area (Å²) in [5.74, 6) is -0.734. The number of halogens is 1. The summed E-state index contributed by atoms with van der Waals surface area (Å²) in [5.41, 5.74) is 2.82. The molecule has 0 spiro atoms. The maximum Gasteiger partial charge on any atom is 0.335 e. The molecule has 0 radical (unpaired) electrons. The first-order chi connectivity index (χ1) is 17.8. The van der Waals surface area contributed by atoms with Gasteiger partial charge in [-0.1, -0.05) is 35.9 Å². The number of nitrogens with one attached hydrogen (secondary N) is 1. The molecule has 0 saturated carbocycles. The summed E-state index contributed by atoms with van der Waals surface area (Å²) in [6.07, 6.45) is 1.40. The lowest BCUT2D eigenvalue weighted by Crippen LogP contribution is -2.54. The van der Waals surface area contributed by atoms with Gasteiger partial charge in [0, 0.05) is 5.56 Å². The van der Waals surface area contributed by atoms with Crippen LogP contribution in [0.1, 0.15) is 29.2 Å². The minimum atomic E-state index is -0.811. The molecule has 186 valence electrons. The van der Waals surface area contributed by atoms with Crippen molar-refractivity contribution in [3.63, 3.8) is 0 Å². The van der Waals surface area contributed by atoms with Crippen LogP contribution in [0.25, 0.3) is 6.08 Å². The number of carbonyl (C=O) groups excluding carboxylic acids is 3. The van der Waals surface area contributed by atoms with E-state index in [4.69, 9.17) is 9.47 Å². The zero-order valence-corrected chi connectivity index (χ0v) is 21.7. The number of nitrogens with zero attached hydrogens (tertiary/aromatic N) is 2. The predicted molar refractivity (Wildman–Crippen MR) is 141 cm³/mol. The van der Waals surface area contributed by atoms with Gasteiger partial charge in [0.15, 0.2) is 11.5 Å². The number of hydrogen-bond donors (Lipinski definition) is 1. The van der Waals surface area contributed by atoms with Crippen LogP contribution in [-0.2, 0) is 16.2 Å². The maximum atomic E-state index is 13.2. The topological polar surface area (TPSA) is 109 Å². The molecule has 0 bridgehead atoms. The summed E-state index contributed by atoms with van der Waals surface area (Å²) in [4.78, 5) is 39.2. The van der Waals surface area contributed by atoms with Crippen LogP contribution in [0.3, 0.4) is 0 Å². The molecular formula is C28H22BrN3O5. The molecular weight excluding hydrogens is 538 g/mol. The molecule has 3 aromatic rings. The summed E-state index contributed by atoms with van der Waals surface area (Å²) < 4.78 is 12.3. The Balaban J connectivity index is 1.67. The second-order valence-corrected chi connectivity index (χ2v) is 8.97. The zero-order valence-electron chi connectivity index (χ0n) is 20.1. The minimum Gasteiger partial charge on any atom is -0.490 e. The van der Waals surface area contributed by atoms with Crippen molar-refractivity contribution in [1.82, 2.24) is 5.32 Å². The lowest BCUT2D eigenvalue weighted by molar-refractivity contribution is -0.122. The Morgan fingerprint density at radius 3 is 2.49 bits per heavy atom. The van der Waals surface area contributed by atoms with E-state index >= 15 is 0 Å². The van der Waals surface area contributed by atoms with Crippen LogP contribution in [0.5, 0.6) is 11.5 Å². The number of aryl methyl sites for hydroxylation is 1. The molecule has 9 heteroatoms. The van der Waals surface area contributed by atoms with E-state index in [1.807, 2.05) is 19.9 Å². The molecule has 3 aromatic carbocycles. The van der Waals surface area contributed by atoms with Crippen molar-refractivity contribution in [3.8, 4) is 17.6 Å². The monoisotopic (exact) mass is 559 g/mol. The van der Waals surface area contributed by atoms with Crippen LogP contribution in [0, 0.1) is 18.3 Å². The molecule has 4 rings (SSSR count). The van der Waals surface area contributed by atoms with E-state index < -0.39 is 17.8 Å². The molecule has 0 atom stereocenters. The van der Waals surface area contributed by atoms with Crippen molar-refractivity contribution in [3.05, 3.63) is 93.0 Å². The van der Waals surface area contributed by atoms with Crippen molar-refractivity contribution < 1.29 is 23.9 Å². The van der Waals surface area contributed by atoms with Crippen LogP contribution in [0.2, 0.25) is 0 Å². The maximum absolute atomic E-state index is 13.2. The Hall–Kier alpha value is -4.42. The van der Waals surface area contributed by atoms with Gasteiger partial charge >= 0.3 is 6.03 Å². The SMILES string of the molecule is CCOc1cc(/C=C2\C(=O)NC(=O)N(c3ccc(C)cc3)C2=O)cc(Br)c1OCc1ccccc1C#N. The third-order valence-corrected chi connectivity index (χ3v) is 6.14. The number of carbonyl (C=O) groups is 3. The van der Waals surface area contributed by atoms with Gasteiger partial charge in [-0.05, 0) is 71.7 Å². The molecule has 1 fully saturated rings. The lowest BCUT2D eigenvalue weighted by atomic mass is 10.1. The first-order valence-corrected chi connectivity index (χ1v) is 12.2. The molecule has 8 nitrogen and oxygen atoms in total. The van der Waals surface area contributed by atoms with E-state index in [9.17, 15) is 19.6 Å². The number of amides is 4. The Morgan fingerprint density at radius 1 is 1.05 bits per heavy atom. The summed E-state index contributed by atoms with van der Waals surface area (Å²) in [6, 6.07) is 18.6. The van der Waals surface area contributed by atoms with Crippen molar-refractivity contribution >= 4 is 45.5 Å². The van der Waals surface area contributed by atoms with E-state index in [0.29, 0.717) is 39.4 Å². The Morgan fingerprint density at radius 2 is 1.78 bits per heavy atom. The minimum absolute atomic E-state index is 0.136. The molecule has 1 aliphatic rings. The summed E-state index contributed by atoms with van der Waals surface area (Å²) in [5, 5.41) is 11.6. The number of ether oxygens (including phenoxy) is 2. The molecule has 37 heavy (non-hydrogen) atoms. The van der Waals surface area contributed by atoms with Crippen LogP contribution in [0.4, 0.5) is 10.5 Å². The third kappa shape index (κ3) is 5.55. The largest absolute Gasteiger partial charge is 0.490 e. The van der Waals surface area contributed by atoms with Gasteiger partial charge in [0.1, 0.15) is 12.2 Å². The zero-order chi connectivity index (χ0) is 26.5. The Kier molecular flexibility index (Phi) is 7.70. The number of benzene rings is 3. The molecule has 0 unspecified atom stereocenters. The highest BCUT2D eigenvalue weighted by Crippen LogP contribution is 2.38. The number of urea groups is 1. The van der Waals surface area contributed by atoms with E-state index in [-0.39, 0.29) is 12.2 Å². The lowest BCUT2D eigenvalue weighted by Gasteiger charge is -2.26. The molecule has 1 aliphatic heterocycles. The number of rotatable bonds is 7. The fourth-order valence-corrected chi connectivity index (χ4v) is 4.31. The number of imide groups is 2.